The zero-order valence-electron chi connectivity index (χ0n) is 14.3. The van der Waals surface area contributed by atoms with E-state index in [0.29, 0.717) is 0 Å². The van der Waals surface area contributed by atoms with Crippen molar-refractivity contribution in [2.24, 2.45) is 0 Å². The summed E-state index contributed by atoms with van der Waals surface area (Å²) in [6.07, 6.45) is 0. The summed E-state index contributed by atoms with van der Waals surface area (Å²) in [7, 11) is -5.14. The summed E-state index contributed by atoms with van der Waals surface area (Å²) >= 11 is 25.2. The van der Waals surface area contributed by atoms with Crippen molar-refractivity contribution in [3.63, 3.8) is 0 Å². The fourth-order valence-electron chi connectivity index (χ4n) is 3.25. The Labute approximate surface area is 186 Å². The number of benzene rings is 3. The Balaban J connectivity index is 2.70. The van der Waals surface area contributed by atoms with Gasteiger partial charge in [-0.1, -0.05) is 82.8 Å². The maximum atomic E-state index is 13.0. The minimum Gasteiger partial charge on any atom is -0.504 e. The SMILES string of the molecule is O=S(=O)(O)C(c1ccccc1)(c1c(Cl)cccc1Cl)c1c(Cl)cc(O)c(O)c1Cl. The molecule has 10 heteroatoms. The van der Waals surface area contributed by atoms with Crippen LogP contribution >= 0.6 is 46.4 Å². The van der Waals surface area contributed by atoms with Gasteiger partial charge in [-0.3, -0.25) is 4.55 Å². The number of halogens is 4. The maximum absolute atomic E-state index is 13.0. The quantitative estimate of drug-likeness (QED) is 0.239. The molecule has 0 saturated carbocycles. The predicted molar refractivity (Wildman–Crippen MR) is 114 cm³/mol. The summed E-state index contributed by atoms with van der Waals surface area (Å²) in [4.78, 5) is 0. The summed E-state index contributed by atoms with van der Waals surface area (Å²) in [5.41, 5.74) is -0.628. The molecule has 0 aliphatic carbocycles. The van der Waals surface area contributed by atoms with Crippen LogP contribution in [0, 0.1) is 0 Å². The third-order valence-electron chi connectivity index (χ3n) is 4.41. The number of rotatable bonds is 4. The molecule has 1 unspecified atom stereocenters. The third-order valence-corrected chi connectivity index (χ3v) is 7.12. The average Bonchev–Trinajstić information content (AvgIpc) is 2.64. The van der Waals surface area contributed by atoms with Gasteiger partial charge in [0.2, 0.25) is 0 Å². The van der Waals surface area contributed by atoms with Crippen LogP contribution in [0.1, 0.15) is 16.7 Å². The van der Waals surface area contributed by atoms with Crippen molar-refractivity contribution in [3.05, 3.63) is 91.4 Å². The zero-order chi connectivity index (χ0) is 21.6. The molecule has 3 aromatic carbocycles. The van der Waals surface area contributed by atoms with E-state index in [1.807, 2.05) is 0 Å². The summed E-state index contributed by atoms with van der Waals surface area (Å²) in [6, 6.07) is 12.7. The van der Waals surface area contributed by atoms with Gasteiger partial charge in [-0.25, -0.2) is 0 Å². The van der Waals surface area contributed by atoms with Gasteiger partial charge in [0.25, 0.3) is 10.1 Å². The van der Waals surface area contributed by atoms with Crippen LogP contribution < -0.4 is 0 Å². The average molecular weight is 494 g/mol. The van der Waals surface area contributed by atoms with Gasteiger partial charge in [0.15, 0.2) is 16.2 Å². The molecular weight excluding hydrogens is 482 g/mol. The first kappa shape index (κ1) is 22.0. The summed E-state index contributed by atoms with van der Waals surface area (Å²) in [5.74, 6) is -1.50. The van der Waals surface area contributed by atoms with Crippen LogP contribution in [-0.2, 0) is 14.9 Å². The molecule has 0 aromatic heterocycles. The largest absolute Gasteiger partial charge is 0.504 e. The minimum atomic E-state index is -5.14. The van der Waals surface area contributed by atoms with E-state index in [-0.39, 0.29) is 26.2 Å². The van der Waals surface area contributed by atoms with E-state index in [2.05, 4.69) is 0 Å². The van der Waals surface area contributed by atoms with Crippen molar-refractivity contribution in [2.75, 3.05) is 0 Å². The van der Waals surface area contributed by atoms with Crippen molar-refractivity contribution in [1.29, 1.82) is 0 Å². The van der Waals surface area contributed by atoms with Gasteiger partial charge in [-0.2, -0.15) is 8.42 Å². The lowest BCUT2D eigenvalue weighted by atomic mass is 9.83. The highest BCUT2D eigenvalue weighted by Gasteiger charge is 2.53. The standard InChI is InChI=1S/C19H12Cl4O5S/c20-11-7-4-8-12(21)15(11)19(29(26,27)28,10-5-2-1-3-6-10)16-13(22)9-14(24)18(25)17(16)23/h1-9,24-25H,(H,26,27,28). The lowest BCUT2D eigenvalue weighted by Gasteiger charge is -2.35. The Morgan fingerprint density at radius 1 is 0.759 bits per heavy atom. The second kappa shape index (κ2) is 7.87. The van der Waals surface area contributed by atoms with Gasteiger partial charge in [0, 0.05) is 27.2 Å². The Kier molecular flexibility index (Phi) is 5.98. The van der Waals surface area contributed by atoms with E-state index in [0.717, 1.165) is 6.07 Å². The number of aromatic hydroxyl groups is 2. The van der Waals surface area contributed by atoms with Gasteiger partial charge in [0.05, 0.1) is 10.0 Å². The van der Waals surface area contributed by atoms with Crippen LogP contribution in [0.25, 0.3) is 0 Å². The van der Waals surface area contributed by atoms with Crippen LogP contribution in [0.2, 0.25) is 20.1 Å². The van der Waals surface area contributed by atoms with Crippen molar-refractivity contribution in [2.45, 2.75) is 4.75 Å². The van der Waals surface area contributed by atoms with E-state index in [1.165, 1.54) is 42.5 Å². The zero-order valence-corrected chi connectivity index (χ0v) is 18.1. The van der Waals surface area contributed by atoms with Gasteiger partial charge in [-0.15, -0.1) is 0 Å². The Bertz CT molecular complexity index is 1180. The van der Waals surface area contributed by atoms with Gasteiger partial charge >= 0.3 is 0 Å². The first-order valence-electron chi connectivity index (χ1n) is 7.91. The number of hydrogen-bond donors (Lipinski definition) is 3. The topological polar surface area (TPSA) is 94.8 Å². The molecule has 3 rings (SSSR count). The normalized spacial score (nSPS) is 13.8. The summed E-state index contributed by atoms with van der Waals surface area (Å²) in [6.45, 7) is 0. The molecule has 0 radical (unpaired) electrons. The van der Waals surface area contributed by atoms with E-state index in [9.17, 15) is 23.2 Å². The van der Waals surface area contributed by atoms with Crippen LogP contribution in [0.3, 0.4) is 0 Å². The highest BCUT2D eigenvalue weighted by Crippen LogP contribution is 2.55. The molecule has 0 bridgehead atoms. The Morgan fingerprint density at radius 3 is 1.83 bits per heavy atom. The second-order valence-electron chi connectivity index (χ2n) is 6.03. The molecule has 0 spiro atoms. The van der Waals surface area contributed by atoms with Gasteiger partial charge in [0.1, 0.15) is 0 Å². The fourth-order valence-corrected chi connectivity index (χ4v) is 6.26. The first-order chi connectivity index (χ1) is 13.5. The van der Waals surface area contributed by atoms with Crippen LogP contribution in [0.15, 0.2) is 54.6 Å². The monoisotopic (exact) mass is 492 g/mol. The van der Waals surface area contributed by atoms with Crippen LogP contribution in [0.5, 0.6) is 11.5 Å². The molecule has 152 valence electrons. The number of phenolic OH excluding ortho intramolecular Hbond substituents is 2. The van der Waals surface area contributed by atoms with E-state index < -0.39 is 37.0 Å². The van der Waals surface area contributed by atoms with Crippen molar-refractivity contribution in [3.8, 4) is 11.5 Å². The molecule has 0 heterocycles. The van der Waals surface area contributed by atoms with E-state index >= 15 is 0 Å². The smallest absolute Gasteiger partial charge is 0.283 e. The van der Waals surface area contributed by atoms with Crippen molar-refractivity contribution >= 4 is 56.5 Å². The molecule has 0 fully saturated rings. The van der Waals surface area contributed by atoms with Crippen LogP contribution in [0.4, 0.5) is 0 Å². The highest BCUT2D eigenvalue weighted by atomic mass is 35.5. The molecule has 29 heavy (non-hydrogen) atoms. The summed E-state index contributed by atoms with van der Waals surface area (Å²) in [5, 5.41) is 18.9. The number of hydrogen-bond acceptors (Lipinski definition) is 4. The molecule has 0 amide bonds. The van der Waals surface area contributed by atoms with Gasteiger partial charge in [-0.05, 0) is 17.7 Å². The minimum absolute atomic E-state index is 0.00592. The van der Waals surface area contributed by atoms with Gasteiger partial charge < -0.3 is 10.2 Å². The fraction of sp³-hybridized carbons (Fsp3) is 0.0526. The molecule has 3 N–H and O–H groups in total. The summed E-state index contributed by atoms with van der Waals surface area (Å²) < 4.78 is 34.1. The molecule has 0 aliphatic rings. The Hall–Kier alpha value is -1.67. The van der Waals surface area contributed by atoms with E-state index in [1.54, 1.807) is 6.07 Å². The predicted octanol–water partition coefficient (Wildman–Crippen LogP) is 5.89. The molecular formula is C19H12Cl4O5S. The molecule has 5 nitrogen and oxygen atoms in total. The van der Waals surface area contributed by atoms with Crippen molar-refractivity contribution < 1.29 is 23.2 Å². The maximum Gasteiger partial charge on any atom is 0.283 e. The lowest BCUT2D eigenvalue weighted by Crippen LogP contribution is -2.39. The lowest BCUT2D eigenvalue weighted by molar-refractivity contribution is 0.402. The third kappa shape index (κ3) is 3.44. The van der Waals surface area contributed by atoms with Crippen LogP contribution in [-0.4, -0.2) is 23.2 Å². The Morgan fingerprint density at radius 2 is 1.31 bits per heavy atom. The first-order valence-corrected chi connectivity index (χ1v) is 10.9. The number of phenols is 2. The molecule has 0 aliphatic heterocycles. The molecule has 3 aromatic rings. The van der Waals surface area contributed by atoms with E-state index in [4.69, 9.17) is 46.4 Å². The second-order valence-corrected chi connectivity index (χ2v) is 9.20. The molecule has 0 saturated heterocycles. The highest BCUT2D eigenvalue weighted by molar-refractivity contribution is 7.87. The molecule has 1 atom stereocenters. The van der Waals surface area contributed by atoms with Crippen molar-refractivity contribution in [1.82, 2.24) is 0 Å².